The maximum Gasteiger partial charge on any atom is 0.255 e. The molecule has 38 heavy (non-hydrogen) atoms. The molecule has 3 heterocycles. The van der Waals surface area contributed by atoms with Gasteiger partial charge < -0.3 is 30.7 Å². The Morgan fingerprint density at radius 2 is 1.87 bits per heavy atom. The van der Waals surface area contributed by atoms with Gasteiger partial charge in [-0.05, 0) is 36.6 Å². The van der Waals surface area contributed by atoms with Crippen molar-refractivity contribution in [1.82, 2.24) is 25.8 Å². The molecule has 4 N–H and O–H groups in total. The third-order valence-electron chi connectivity index (χ3n) is 6.71. The van der Waals surface area contributed by atoms with Gasteiger partial charge in [0.2, 0.25) is 17.7 Å². The summed E-state index contributed by atoms with van der Waals surface area (Å²) >= 11 is 0. The molecule has 11 heteroatoms. The smallest absolute Gasteiger partial charge is 0.255 e. The third kappa shape index (κ3) is 5.94. The first-order chi connectivity index (χ1) is 18.2. The summed E-state index contributed by atoms with van der Waals surface area (Å²) in [4.78, 5) is 58.1. The van der Waals surface area contributed by atoms with E-state index in [0.717, 1.165) is 11.1 Å². The van der Waals surface area contributed by atoms with Gasteiger partial charge in [0.25, 0.3) is 5.91 Å². The van der Waals surface area contributed by atoms with Crippen LogP contribution in [0.15, 0.2) is 42.7 Å². The molecule has 4 amide bonds. The Bertz CT molecular complexity index is 1200. The Kier molecular flexibility index (Phi) is 8.26. The van der Waals surface area contributed by atoms with Crippen molar-refractivity contribution < 1.29 is 29.0 Å². The molecule has 2 aliphatic heterocycles. The first-order valence-electron chi connectivity index (χ1n) is 12.7. The van der Waals surface area contributed by atoms with Crippen LogP contribution in [0, 0.1) is 5.92 Å². The molecule has 1 aromatic carbocycles. The minimum absolute atomic E-state index is 0.00931. The molecule has 0 spiro atoms. The Hall–Kier alpha value is -3.99. The Morgan fingerprint density at radius 1 is 1.08 bits per heavy atom. The Morgan fingerprint density at radius 3 is 2.58 bits per heavy atom. The number of hydrogen-bond donors (Lipinski definition) is 4. The average molecular weight is 524 g/mol. The van der Waals surface area contributed by atoms with Crippen LogP contribution in [-0.2, 0) is 14.4 Å². The number of aliphatic hydroxyl groups is 1. The molecule has 1 fully saturated rings. The van der Waals surface area contributed by atoms with Crippen molar-refractivity contribution in [3.63, 3.8) is 0 Å². The summed E-state index contributed by atoms with van der Waals surface area (Å²) < 4.78 is 5.87. The van der Waals surface area contributed by atoms with Gasteiger partial charge in [-0.3, -0.25) is 24.2 Å². The van der Waals surface area contributed by atoms with Crippen LogP contribution in [-0.4, -0.2) is 82.5 Å². The van der Waals surface area contributed by atoms with Crippen molar-refractivity contribution in [2.45, 2.75) is 51.4 Å². The second-order valence-electron chi connectivity index (χ2n) is 9.91. The van der Waals surface area contributed by atoms with Crippen molar-refractivity contribution in [2.75, 3.05) is 19.7 Å². The van der Waals surface area contributed by atoms with Crippen molar-refractivity contribution in [3.8, 4) is 16.9 Å². The molecular weight excluding hydrogens is 490 g/mol. The van der Waals surface area contributed by atoms with E-state index in [9.17, 15) is 24.3 Å². The number of aromatic nitrogens is 1. The fraction of sp³-hybridized carbons (Fsp3) is 0.444. The first kappa shape index (κ1) is 27.1. The van der Waals surface area contributed by atoms with Gasteiger partial charge in [-0.25, -0.2) is 0 Å². The molecule has 202 valence electrons. The lowest BCUT2D eigenvalue weighted by Gasteiger charge is -2.29. The van der Waals surface area contributed by atoms with Crippen LogP contribution in [0.5, 0.6) is 5.75 Å². The topological polar surface area (TPSA) is 150 Å². The number of ether oxygens (including phenoxy) is 1. The predicted molar refractivity (Wildman–Crippen MR) is 138 cm³/mol. The maximum absolute atomic E-state index is 13.5. The van der Waals surface area contributed by atoms with Crippen LogP contribution in [0.1, 0.15) is 37.6 Å². The lowest BCUT2D eigenvalue weighted by molar-refractivity contribution is -0.141. The molecule has 11 nitrogen and oxygen atoms in total. The number of carbonyl (C=O) groups is 4. The summed E-state index contributed by atoms with van der Waals surface area (Å²) in [6.07, 6.45) is 2.58. The summed E-state index contributed by atoms with van der Waals surface area (Å²) in [6, 6.07) is 6.02. The van der Waals surface area contributed by atoms with E-state index in [-0.39, 0.29) is 37.6 Å². The molecule has 4 atom stereocenters. The van der Waals surface area contributed by atoms with E-state index in [2.05, 4.69) is 20.9 Å². The average Bonchev–Trinajstić information content (AvgIpc) is 3.30. The number of amides is 4. The summed E-state index contributed by atoms with van der Waals surface area (Å²) in [6.45, 7) is 5.27. The van der Waals surface area contributed by atoms with Gasteiger partial charge in [0.05, 0.1) is 18.2 Å². The highest BCUT2D eigenvalue weighted by Gasteiger charge is 2.41. The highest BCUT2D eigenvalue weighted by atomic mass is 16.5. The van der Waals surface area contributed by atoms with Gasteiger partial charge in [-0.1, -0.05) is 26.0 Å². The van der Waals surface area contributed by atoms with Crippen molar-refractivity contribution in [1.29, 1.82) is 0 Å². The molecule has 0 aliphatic carbocycles. The molecule has 0 radical (unpaired) electrons. The zero-order chi connectivity index (χ0) is 27.4. The molecule has 0 bridgehead atoms. The molecule has 2 aliphatic rings. The van der Waals surface area contributed by atoms with Crippen LogP contribution >= 0.6 is 0 Å². The molecule has 4 rings (SSSR count). The van der Waals surface area contributed by atoms with E-state index >= 15 is 0 Å². The first-order valence-corrected chi connectivity index (χ1v) is 12.7. The Labute approximate surface area is 220 Å². The van der Waals surface area contributed by atoms with E-state index in [0.29, 0.717) is 5.75 Å². The van der Waals surface area contributed by atoms with Crippen molar-refractivity contribution in [2.24, 2.45) is 5.92 Å². The zero-order valence-electron chi connectivity index (χ0n) is 21.6. The Balaban J connectivity index is 1.67. The largest absolute Gasteiger partial charge is 0.491 e. The highest BCUT2D eigenvalue weighted by Crippen LogP contribution is 2.27. The molecule has 2 aromatic rings. The summed E-state index contributed by atoms with van der Waals surface area (Å²) in [5.41, 5.74) is 1.76. The number of nitrogens with one attached hydrogen (secondary N) is 3. The van der Waals surface area contributed by atoms with Crippen molar-refractivity contribution >= 4 is 23.6 Å². The van der Waals surface area contributed by atoms with Crippen LogP contribution < -0.4 is 20.7 Å². The number of pyridine rings is 1. The lowest BCUT2D eigenvalue weighted by atomic mass is 10.0. The number of aliphatic hydroxyl groups excluding tert-OH is 1. The second kappa shape index (κ2) is 11.6. The quantitative estimate of drug-likeness (QED) is 0.447. The number of nitrogens with zero attached hydrogens (tertiary/aromatic N) is 2. The standard InChI is InChI=1S/C27H33N5O6/c1-15(2)23-26(36)30-16(3)27(37)32-14-19(33)12-21(32)25(35)29-9-10-38-22-7-6-17(11-20(22)24(34)31-23)18-5-4-8-28-13-18/h4-8,11,13,15-16,19,21,23,33H,9-10,12,14H2,1-3H3,(H,29,35)(H,30,36)(H,31,34)/t16-,19+,21+,23+/m1/s1. The lowest BCUT2D eigenvalue weighted by Crippen LogP contribution is -2.57. The van der Waals surface area contributed by atoms with E-state index in [4.69, 9.17) is 4.74 Å². The van der Waals surface area contributed by atoms with Gasteiger partial charge in [0.15, 0.2) is 0 Å². The fourth-order valence-electron chi connectivity index (χ4n) is 4.67. The number of benzene rings is 1. The fourth-order valence-corrected chi connectivity index (χ4v) is 4.67. The van der Waals surface area contributed by atoms with Crippen LogP contribution in [0.2, 0.25) is 0 Å². The summed E-state index contributed by atoms with van der Waals surface area (Å²) in [7, 11) is 0. The van der Waals surface area contributed by atoms with E-state index in [1.165, 1.54) is 11.8 Å². The third-order valence-corrected chi connectivity index (χ3v) is 6.71. The predicted octanol–water partition coefficient (Wildman–Crippen LogP) is 0.478. The molecular formula is C27H33N5O6. The van der Waals surface area contributed by atoms with Crippen LogP contribution in [0.4, 0.5) is 0 Å². The van der Waals surface area contributed by atoms with E-state index in [1.807, 2.05) is 6.07 Å². The van der Waals surface area contributed by atoms with Gasteiger partial charge in [0, 0.05) is 30.9 Å². The number of carbonyl (C=O) groups excluding carboxylic acids is 4. The summed E-state index contributed by atoms with van der Waals surface area (Å²) in [5.74, 6) is -1.96. The maximum atomic E-state index is 13.5. The minimum Gasteiger partial charge on any atom is -0.491 e. The molecule has 0 saturated carbocycles. The molecule has 1 aromatic heterocycles. The number of hydrogen-bond acceptors (Lipinski definition) is 7. The summed E-state index contributed by atoms with van der Waals surface area (Å²) in [5, 5.41) is 18.4. The van der Waals surface area contributed by atoms with Crippen molar-refractivity contribution in [3.05, 3.63) is 48.3 Å². The second-order valence-corrected chi connectivity index (χ2v) is 9.91. The van der Waals surface area contributed by atoms with Gasteiger partial charge in [0.1, 0.15) is 30.5 Å². The minimum atomic E-state index is -0.970. The van der Waals surface area contributed by atoms with Crippen LogP contribution in [0.3, 0.4) is 0 Å². The SMILES string of the molecule is CC(C)[C@@H]1NC(=O)c2cc(-c3cccnc3)ccc2OCCNC(=O)[C@@H]2C[C@H](O)CN2C(=O)[C@@H](C)NC1=O. The molecule has 1 saturated heterocycles. The highest BCUT2D eigenvalue weighted by molar-refractivity contribution is 6.01. The van der Waals surface area contributed by atoms with Crippen LogP contribution in [0.25, 0.3) is 11.1 Å². The normalized spacial score (nSPS) is 25.1. The number of rotatable bonds is 2. The van der Waals surface area contributed by atoms with Gasteiger partial charge in [-0.2, -0.15) is 0 Å². The monoisotopic (exact) mass is 523 g/mol. The van der Waals surface area contributed by atoms with E-state index < -0.39 is 47.9 Å². The molecule has 0 unspecified atom stereocenters. The van der Waals surface area contributed by atoms with E-state index in [1.54, 1.807) is 50.5 Å². The van der Waals surface area contributed by atoms with Gasteiger partial charge >= 0.3 is 0 Å². The number of fused-ring (bicyclic) bond motifs is 2. The van der Waals surface area contributed by atoms with Gasteiger partial charge in [-0.15, -0.1) is 0 Å². The zero-order valence-corrected chi connectivity index (χ0v) is 21.6.